The van der Waals surface area contributed by atoms with E-state index in [2.05, 4.69) is 11.0 Å². The van der Waals surface area contributed by atoms with E-state index in [-0.39, 0.29) is 19.1 Å². The van der Waals surface area contributed by atoms with Gasteiger partial charge in [-0.3, -0.25) is 9.69 Å². The van der Waals surface area contributed by atoms with Crippen molar-refractivity contribution in [1.82, 2.24) is 4.90 Å². The number of rotatable bonds is 8. The number of nitrogens with zero attached hydrogens (tertiary/aromatic N) is 1. The van der Waals surface area contributed by atoms with Crippen LogP contribution in [0.15, 0.2) is 36.1 Å². The maximum atomic E-state index is 13.7. The number of methoxy groups -OCH3 is 2. The average Bonchev–Trinajstić information content (AvgIpc) is 3.56. The highest BCUT2D eigenvalue weighted by atomic mass is 16.7. The Kier molecular flexibility index (Phi) is 7.15. The Balaban J connectivity index is 1.53. The van der Waals surface area contributed by atoms with Gasteiger partial charge in [-0.2, -0.15) is 0 Å². The van der Waals surface area contributed by atoms with Gasteiger partial charge in [0.05, 0.1) is 37.7 Å². The van der Waals surface area contributed by atoms with Crippen molar-refractivity contribution in [3.63, 3.8) is 0 Å². The number of ether oxygens (including phenoxy) is 5. The highest BCUT2D eigenvalue weighted by Gasteiger charge is 2.59. The molecule has 0 radical (unpaired) electrons. The standard InChI is InChI=1S/C29H37NO9/c1-27(2,33)8-5-10-29(34,16-23(31)36-4)26(32)39-25-22(35-3)15-28-9-6-11-30(28)12-7-18-13-20-21(38-17-37-20)14-19(18)24(25)28/h5,8,13-15,24-25,33-34H,6-7,9-12,16-17H2,1-4H3/b8-5+/t24-,25-,28+,29-/m1/s1. The van der Waals surface area contributed by atoms with Crippen LogP contribution in [0.3, 0.4) is 0 Å². The summed E-state index contributed by atoms with van der Waals surface area (Å²) < 4.78 is 28.0. The van der Waals surface area contributed by atoms with Crippen molar-refractivity contribution < 1.29 is 43.5 Å². The lowest BCUT2D eigenvalue weighted by atomic mass is 9.77. The molecule has 0 aromatic heterocycles. The fraction of sp³-hybridized carbons (Fsp3) is 0.586. The van der Waals surface area contributed by atoms with Crippen molar-refractivity contribution >= 4 is 11.9 Å². The molecule has 3 heterocycles. The third-order valence-electron chi connectivity index (χ3n) is 8.22. The van der Waals surface area contributed by atoms with Gasteiger partial charge in [0.2, 0.25) is 6.79 Å². The lowest BCUT2D eigenvalue weighted by molar-refractivity contribution is -0.177. The Morgan fingerprint density at radius 3 is 2.62 bits per heavy atom. The van der Waals surface area contributed by atoms with Gasteiger partial charge < -0.3 is 33.9 Å². The molecule has 10 nitrogen and oxygen atoms in total. The van der Waals surface area contributed by atoms with E-state index in [0.29, 0.717) is 17.3 Å². The van der Waals surface area contributed by atoms with Crippen molar-refractivity contribution in [3.05, 3.63) is 47.2 Å². The number of carbonyl (C=O) groups excluding carboxylic acids is 2. The van der Waals surface area contributed by atoms with E-state index >= 15 is 0 Å². The average molecular weight is 544 g/mol. The Hall–Kier alpha value is -3.08. The van der Waals surface area contributed by atoms with Gasteiger partial charge in [0.1, 0.15) is 5.76 Å². The summed E-state index contributed by atoms with van der Waals surface area (Å²) in [6.45, 7) is 5.01. The first-order chi connectivity index (χ1) is 18.5. The van der Waals surface area contributed by atoms with Crippen LogP contribution in [0.4, 0.5) is 0 Å². The van der Waals surface area contributed by atoms with Gasteiger partial charge in [0.25, 0.3) is 0 Å². The number of fused-ring (bicyclic) bond motifs is 3. The number of aliphatic hydroxyl groups is 2. The second-order valence-electron chi connectivity index (χ2n) is 11.3. The largest absolute Gasteiger partial charge is 0.497 e. The number of benzene rings is 1. The molecule has 0 amide bonds. The Labute approximate surface area is 228 Å². The van der Waals surface area contributed by atoms with E-state index in [9.17, 15) is 19.8 Å². The molecule has 1 aromatic rings. The Bertz CT molecular complexity index is 1200. The predicted molar refractivity (Wildman–Crippen MR) is 139 cm³/mol. The van der Waals surface area contributed by atoms with Crippen molar-refractivity contribution in [1.29, 1.82) is 0 Å². The summed E-state index contributed by atoms with van der Waals surface area (Å²) >= 11 is 0. The van der Waals surface area contributed by atoms with Crippen molar-refractivity contribution in [2.45, 2.75) is 74.7 Å². The van der Waals surface area contributed by atoms with Gasteiger partial charge in [-0.05, 0) is 69.0 Å². The first-order valence-electron chi connectivity index (χ1n) is 13.3. The van der Waals surface area contributed by atoms with E-state index in [1.807, 2.05) is 12.1 Å². The van der Waals surface area contributed by atoms with Gasteiger partial charge in [-0.1, -0.05) is 12.2 Å². The zero-order chi connectivity index (χ0) is 28.0. The maximum Gasteiger partial charge on any atom is 0.339 e. The molecule has 3 aliphatic heterocycles. The van der Waals surface area contributed by atoms with Crippen molar-refractivity contribution in [3.8, 4) is 11.5 Å². The van der Waals surface area contributed by atoms with Gasteiger partial charge in [0, 0.05) is 13.0 Å². The van der Waals surface area contributed by atoms with Crippen molar-refractivity contribution in [2.75, 3.05) is 34.1 Å². The SMILES string of the molecule is COC(=O)C[C@](O)(C/C=C/C(C)(C)O)C(=O)O[C@@H]1C(OC)=C[C@]23CCCN2CCc2cc4c(cc2[C@H]13)OCO4. The first kappa shape index (κ1) is 27.5. The number of carbonyl (C=O) groups is 2. The molecule has 4 aliphatic rings. The molecule has 4 atom stereocenters. The molecule has 1 fully saturated rings. The number of hydrogen-bond acceptors (Lipinski definition) is 10. The highest BCUT2D eigenvalue weighted by Crippen LogP contribution is 2.55. The zero-order valence-corrected chi connectivity index (χ0v) is 22.9. The minimum absolute atomic E-state index is 0.152. The van der Waals surface area contributed by atoms with Crippen molar-refractivity contribution in [2.24, 2.45) is 0 Å². The fourth-order valence-corrected chi connectivity index (χ4v) is 6.40. The van der Waals surface area contributed by atoms with E-state index in [1.165, 1.54) is 19.3 Å². The van der Waals surface area contributed by atoms with Gasteiger partial charge >= 0.3 is 11.9 Å². The first-order valence-corrected chi connectivity index (χ1v) is 13.3. The molecule has 212 valence electrons. The summed E-state index contributed by atoms with van der Waals surface area (Å²) in [6.07, 6.45) is 5.93. The lowest BCUT2D eigenvalue weighted by Crippen LogP contribution is -2.49. The quantitative estimate of drug-likeness (QED) is 0.373. The zero-order valence-electron chi connectivity index (χ0n) is 22.9. The maximum absolute atomic E-state index is 13.7. The summed E-state index contributed by atoms with van der Waals surface area (Å²) in [7, 11) is 2.73. The molecular formula is C29H37NO9. The molecule has 0 unspecified atom stereocenters. The molecule has 0 bridgehead atoms. The van der Waals surface area contributed by atoms with Crippen LogP contribution in [0.25, 0.3) is 0 Å². The molecule has 0 saturated carbocycles. The van der Waals surface area contributed by atoms with Crippen LogP contribution in [0.1, 0.15) is 56.6 Å². The smallest absolute Gasteiger partial charge is 0.339 e. The molecule has 1 saturated heterocycles. The Morgan fingerprint density at radius 1 is 1.18 bits per heavy atom. The third-order valence-corrected chi connectivity index (χ3v) is 8.22. The van der Waals surface area contributed by atoms with Gasteiger partial charge in [0.15, 0.2) is 23.2 Å². The third kappa shape index (κ3) is 5.01. The molecular weight excluding hydrogens is 506 g/mol. The van der Waals surface area contributed by atoms with Crippen LogP contribution >= 0.6 is 0 Å². The lowest BCUT2D eigenvalue weighted by Gasteiger charge is -2.39. The molecule has 1 aromatic carbocycles. The van der Waals surface area contributed by atoms with E-state index in [1.54, 1.807) is 21.0 Å². The predicted octanol–water partition coefficient (Wildman–Crippen LogP) is 2.36. The summed E-state index contributed by atoms with van der Waals surface area (Å²) in [4.78, 5) is 28.4. The van der Waals surface area contributed by atoms with Crippen LogP contribution in [-0.4, -0.2) is 84.0 Å². The van der Waals surface area contributed by atoms with Crippen LogP contribution in [0.5, 0.6) is 11.5 Å². The summed E-state index contributed by atoms with van der Waals surface area (Å²) in [5.41, 5.74) is -1.73. The second kappa shape index (κ2) is 10.1. The van der Waals surface area contributed by atoms with E-state index in [0.717, 1.165) is 43.5 Å². The molecule has 2 N–H and O–H groups in total. The minimum Gasteiger partial charge on any atom is -0.497 e. The fourth-order valence-electron chi connectivity index (χ4n) is 6.40. The van der Waals surface area contributed by atoms with Gasteiger partial charge in [-0.15, -0.1) is 0 Å². The summed E-state index contributed by atoms with van der Waals surface area (Å²) in [6, 6.07) is 3.98. The monoisotopic (exact) mass is 543 g/mol. The summed E-state index contributed by atoms with van der Waals surface area (Å²) in [5.74, 6) is -0.202. The normalized spacial score (nSPS) is 27.2. The van der Waals surface area contributed by atoms with Crippen LogP contribution < -0.4 is 9.47 Å². The molecule has 5 rings (SSSR count). The minimum atomic E-state index is -2.21. The second-order valence-corrected chi connectivity index (χ2v) is 11.3. The summed E-state index contributed by atoms with van der Waals surface area (Å²) in [5, 5.41) is 21.5. The molecule has 10 heteroatoms. The van der Waals surface area contributed by atoms with Gasteiger partial charge in [-0.25, -0.2) is 4.79 Å². The van der Waals surface area contributed by atoms with Crippen LogP contribution in [-0.2, 0) is 30.2 Å². The van der Waals surface area contributed by atoms with Crippen LogP contribution in [0, 0.1) is 0 Å². The number of esters is 2. The van der Waals surface area contributed by atoms with E-state index < -0.39 is 41.2 Å². The molecule has 39 heavy (non-hydrogen) atoms. The Morgan fingerprint density at radius 2 is 1.92 bits per heavy atom. The topological polar surface area (TPSA) is 124 Å². The van der Waals surface area contributed by atoms with E-state index in [4.69, 9.17) is 23.7 Å². The van der Waals surface area contributed by atoms with Crippen LogP contribution in [0.2, 0.25) is 0 Å². The number of hydrogen-bond donors (Lipinski definition) is 2. The molecule has 1 aliphatic carbocycles. The molecule has 1 spiro atoms. The highest BCUT2D eigenvalue weighted by molar-refractivity contribution is 5.86.